The lowest BCUT2D eigenvalue weighted by atomic mass is 9.98. The van der Waals surface area contributed by atoms with Crippen molar-refractivity contribution in [1.29, 1.82) is 0 Å². The topological polar surface area (TPSA) is 78.9 Å². The Kier molecular flexibility index (Phi) is 7.60. The summed E-state index contributed by atoms with van der Waals surface area (Å²) in [5, 5.41) is 0. The summed E-state index contributed by atoms with van der Waals surface area (Å²) in [6.45, 7) is -0.205. The van der Waals surface area contributed by atoms with Gasteiger partial charge >= 0.3 is 17.4 Å². The van der Waals surface area contributed by atoms with Crippen LogP contribution >= 0.6 is 11.6 Å². The van der Waals surface area contributed by atoms with Crippen LogP contribution in [0, 0.1) is 5.92 Å². The monoisotopic (exact) mass is 478 g/mol. The number of halogens is 1. The number of carbonyl (C=O) groups is 3. The van der Waals surface area contributed by atoms with Crippen molar-refractivity contribution in [3.8, 4) is 11.1 Å². The van der Waals surface area contributed by atoms with Gasteiger partial charge in [-0.3, -0.25) is 9.59 Å². The Morgan fingerprint density at radius 3 is 1.97 bits per heavy atom. The van der Waals surface area contributed by atoms with Crippen LogP contribution in [0.25, 0.3) is 11.1 Å². The average Bonchev–Trinajstić information content (AvgIpc) is 3.18. The van der Waals surface area contributed by atoms with Crippen molar-refractivity contribution >= 4 is 29.0 Å². The average molecular weight is 479 g/mol. The Bertz CT molecular complexity index is 1130. The summed E-state index contributed by atoms with van der Waals surface area (Å²) < 4.78 is 15.7. The van der Waals surface area contributed by atoms with Crippen molar-refractivity contribution in [2.75, 3.05) is 13.2 Å². The number of carbonyl (C=O) groups excluding carboxylic acids is 3. The lowest BCUT2D eigenvalue weighted by molar-refractivity contribution is -0.157. The minimum atomic E-state index is -1.06. The first-order chi connectivity index (χ1) is 16.5. The smallest absolute Gasteiger partial charge is 0.403 e. The molecule has 1 atom stereocenters. The molecule has 3 aromatic rings. The number of fused-ring (bicyclic) bond motifs is 3. The van der Waals surface area contributed by atoms with Gasteiger partial charge in [-0.15, -0.1) is 0 Å². The van der Waals surface area contributed by atoms with E-state index in [2.05, 4.69) is 0 Å². The molecule has 0 saturated heterocycles. The van der Waals surface area contributed by atoms with Gasteiger partial charge in [0.25, 0.3) is 0 Å². The van der Waals surface area contributed by atoms with Crippen LogP contribution in [0.5, 0.6) is 0 Å². The quantitative estimate of drug-likeness (QED) is 0.230. The number of hydrogen-bond acceptors (Lipinski definition) is 6. The number of rotatable bonds is 9. The summed E-state index contributed by atoms with van der Waals surface area (Å²) in [4.78, 5) is 36.3. The van der Waals surface area contributed by atoms with E-state index in [0.29, 0.717) is 0 Å². The van der Waals surface area contributed by atoms with E-state index in [9.17, 15) is 14.4 Å². The molecular formula is C27H23ClO6. The van der Waals surface area contributed by atoms with Gasteiger partial charge in [0.15, 0.2) is 0 Å². The van der Waals surface area contributed by atoms with Crippen molar-refractivity contribution in [3.63, 3.8) is 0 Å². The predicted octanol–water partition coefficient (Wildman–Crippen LogP) is 5.47. The Morgan fingerprint density at radius 2 is 1.35 bits per heavy atom. The third-order valence-corrected chi connectivity index (χ3v) is 5.85. The molecule has 174 valence electrons. The van der Waals surface area contributed by atoms with Gasteiger partial charge in [0.1, 0.15) is 25.7 Å². The van der Waals surface area contributed by atoms with Crippen molar-refractivity contribution in [3.05, 3.63) is 95.6 Å². The molecular weight excluding hydrogens is 456 g/mol. The zero-order valence-electron chi connectivity index (χ0n) is 18.3. The van der Waals surface area contributed by atoms with E-state index in [-0.39, 0.29) is 32.2 Å². The minimum Gasteiger partial charge on any atom is -0.464 e. The molecule has 0 unspecified atom stereocenters. The van der Waals surface area contributed by atoms with E-state index in [1.54, 1.807) is 0 Å². The fraction of sp³-hybridized carbons (Fsp3) is 0.222. The second-order valence-electron chi connectivity index (χ2n) is 7.95. The molecule has 0 amide bonds. The lowest BCUT2D eigenvalue weighted by Crippen LogP contribution is -2.28. The Hall–Kier alpha value is -3.64. The molecule has 3 aromatic carbocycles. The molecule has 6 nitrogen and oxygen atoms in total. The van der Waals surface area contributed by atoms with Gasteiger partial charge in [0, 0.05) is 17.5 Å². The van der Waals surface area contributed by atoms with Crippen LogP contribution in [0.4, 0.5) is 4.79 Å². The summed E-state index contributed by atoms with van der Waals surface area (Å²) in [7, 11) is 0. The number of benzene rings is 3. The summed E-state index contributed by atoms with van der Waals surface area (Å²) in [5.74, 6) is -2.42. The highest BCUT2D eigenvalue weighted by Crippen LogP contribution is 2.44. The molecule has 0 spiro atoms. The highest BCUT2D eigenvalue weighted by Gasteiger charge is 2.31. The number of esters is 2. The van der Waals surface area contributed by atoms with Gasteiger partial charge in [-0.05, 0) is 27.8 Å². The van der Waals surface area contributed by atoms with Crippen LogP contribution in [0.15, 0.2) is 78.9 Å². The first-order valence-corrected chi connectivity index (χ1v) is 11.3. The normalized spacial score (nSPS) is 12.9. The van der Waals surface area contributed by atoms with E-state index in [1.165, 1.54) is 0 Å². The molecule has 4 rings (SSSR count). The third kappa shape index (κ3) is 5.64. The molecule has 0 N–H and O–H groups in total. The standard InChI is InChI=1S/C27H23ClO6/c28-27(31)34-16-19(14-25(29)32-15-18-8-2-1-3-9-18)26(30)33-17-24-22-12-6-4-10-20(22)21-11-5-7-13-23(21)24/h1-13,19,24H,14-17H2/t19-/m0/s1. The van der Waals surface area contributed by atoms with Gasteiger partial charge in [-0.25, -0.2) is 4.79 Å². The summed E-state index contributed by atoms with van der Waals surface area (Å²) >= 11 is 5.27. The molecule has 0 bridgehead atoms. The van der Waals surface area contributed by atoms with Gasteiger partial charge in [-0.2, -0.15) is 0 Å². The Morgan fingerprint density at radius 1 is 0.765 bits per heavy atom. The van der Waals surface area contributed by atoms with E-state index in [1.807, 2.05) is 78.9 Å². The zero-order chi connectivity index (χ0) is 23.9. The lowest BCUT2D eigenvalue weighted by Gasteiger charge is -2.18. The highest BCUT2D eigenvalue weighted by molar-refractivity contribution is 6.61. The van der Waals surface area contributed by atoms with E-state index in [4.69, 9.17) is 25.8 Å². The van der Waals surface area contributed by atoms with Crippen LogP contribution in [0.1, 0.15) is 29.0 Å². The first-order valence-electron chi connectivity index (χ1n) is 10.9. The minimum absolute atomic E-state index is 0.0758. The summed E-state index contributed by atoms with van der Waals surface area (Å²) in [6, 6.07) is 25.1. The maximum atomic E-state index is 12.9. The number of ether oxygens (including phenoxy) is 3. The summed E-state index contributed by atoms with van der Waals surface area (Å²) in [5.41, 5.74) is 4.12. The molecule has 1 aliphatic carbocycles. The fourth-order valence-corrected chi connectivity index (χ4v) is 4.16. The van der Waals surface area contributed by atoms with Crippen LogP contribution in [-0.4, -0.2) is 30.6 Å². The molecule has 1 aliphatic rings. The van der Waals surface area contributed by atoms with Crippen molar-refractivity contribution in [1.82, 2.24) is 0 Å². The first kappa shape index (κ1) is 23.5. The molecule has 0 aromatic heterocycles. The third-order valence-electron chi connectivity index (χ3n) is 5.74. The molecule has 0 saturated carbocycles. The Balaban J connectivity index is 1.40. The van der Waals surface area contributed by atoms with Crippen LogP contribution in [0.3, 0.4) is 0 Å². The van der Waals surface area contributed by atoms with E-state index < -0.39 is 23.3 Å². The molecule has 0 radical (unpaired) electrons. The molecule has 34 heavy (non-hydrogen) atoms. The van der Waals surface area contributed by atoms with Crippen LogP contribution in [0.2, 0.25) is 0 Å². The maximum Gasteiger partial charge on any atom is 0.403 e. The van der Waals surface area contributed by atoms with Crippen molar-refractivity contribution in [2.45, 2.75) is 18.9 Å². The van der Waals surface area contributed by atoms with Crippen molar-refractivity contribution < 1.29 is 28.6 Å². The molecule has 0 aliphatic heterocycles. The largest absolute Gasteiger partial charge is 0.464 e. The van der Waals surface area contributed by atoms with E-state index >= 15 is 0 Å². The number of hydrogen-bond donors (Lipinski definition) is 0. The molecule has 0 fully saturated rings. The molecule has 0 heterocycles. The van der Waals surface area contributed by atoms with Gasteiger partial charge in [-0.1, -0.05) is 78.9 Å². The second-order valence-corrected chi connectivity index (χ2v) is 8.26. The van der Waals surface area contributed by atoms with Gasteiger partial charge < -0.3 is 14.2 Å². The SMILES string of the molecule is O=C(Cl)OC[C@H](CC(=O)OCc1ccccc1)C(=O)OCC1c2ccccc2-c2ccccc21. The van der Waals surface area contributed by atoms with Crippen LogP contribution < -0.4 is 0 Å². The second kappa shape index (κ2) is 11.0. The van der Waals surface area contributed by atoms with E-state index in [0.717, 1.165) is 27.8 Å². The molecule has 7 heteroatoms. The van der Waals surface area contributed by atoms with Gasteiger partial charge in [0.2, 0.25) is 0 Å². The zero-order valence-corrected chi connectivity index (χ0v) is 19.1. The highest BCUT2D eigenvalue weighted by atomic mass is 35.5. The van der Waals surface area contributed by atoms with Gasteiger partial charge in [0.05, 0.1) is 6.42 Å². The maximum absolute atomic E-state index is 12.9. The summed E-state index contributed by atoms with van der Waals surface area (Å²) in [6.07, 6.45) is -0.298. The van der Waals surface area contributed by atoms with Crippen molar-refractivity contribution in [2.24, 2.45) is 5.92 Å². The Labute approximate surface area is 202 Å². The fourth-order valence-electron chi connectivity index (χ4n) is 4.10. The predicted molar refractivity (Wildman–Crippen MR) is 126 cm³/mol. The van der Waals surface area contributed by atoms with Crippen LogP contribution in [-0.2, 0) is 30.4 Å².